The highest BCUT2D eigenvalue weighted by atomic mass is 16.3. The lowest BCUT2D eigenvalue weighted by Gasteiger charge is -2.29. The fourth-order valence-electron chi connectivity index (χ4n) is 5.18. The van der Waals surface area contributed by atoms with Crippen LogP contribution in [0, 0.1) is 0 Å². The number of benzene rings is 2. The van der Waals surface area contributed by atoms with Crippen LogP contribution in [0.3, 0.4) is 0 Å². The summed E-state index contributed by atoms with van der Waals surface area (Å²) in [6, 6.07) is 14.1. The van der Waals surface area contributed by atoms with E-state index in [1.54, 1.807) is 25.1 Å². The second-order valence-corrected chi connectivity index (χ2v) is 9.16. The molecule has 3 aliphatic rings. The summed E-state index contributed by atoms with van der Waals surface area (Å²) in [4.78, 5) is 56.0. The van der Waals surface area contributed by atoms with Gasteiger partial charge in [-0.25, -0.2) is 0 Å². The molecule has 3 amide bonds. The predicted octanol–water partition coefficient (Wildman–Crippen LogP) is 3.50. The molecule has 2 aromatic carbocycles. The fraction of sp³-hybridized carbons (Fsp3) is 0.296. The van der Waals surface area contributed by atoms with Crippen LogP contribution in [0.4, 0.5) is 5.69 Å². The molecule has 35 heavy (non-hydrogen) atoms. The first-order valence-corrected chi connectivity index (χ1v) is 11.7. The van der Waals surface area contributed by atoms with Crippen LogP contribution < -0.4 is 5.32 Å². The number of carbonyl (C=O) groups is 4. The van der Waals surface area contributed by atoms with Gasteiger partial charge in [-0.05, 0) is 37.0 Å². The second kappa shape index (κ2) is 8.94. The SMILES string of the molecule is CC(=Nc1cccc2c1CN(C1CCC(=O)NC1=O)C2=O)C1=C(O)CC(c2ccccc2)CC1=O. The molecule has 0 spiro atoms. The van der Waals surface area contributed by atoms with E-state index in [0.29, 0.717) is 28.9 Å². The molecule has 0 radical (unpaired) electrons. The van der Waals surface area contributed by atoms with Gasteiger partial charge in [0, 0.05) is 36.9 Å². The smallest absolute Gasteiger partial charge is 0.255 e. The van der Waals surface area contributed by atoms with E-state index < -0.39 is 11.9 Å². The molecule has 0 aromatic heterocycles. The van der Waals surface area contributed by atoms with Crippen molar-refractivity contribution in [1.29, 1.82) is 0 Å². The first kappa shape index (κ1) is 22.7. The van der Waals surface area contributed by atoms with Crippen LogP contribution in [-0.4, -0.2) is 45.3 Å². The average molecular weight is 472 g/mol. The highest BCUT2D eigenvalue weighted by molar-refractivity contribution is 6.23. The number of rotatable bonds is 4. The summed E-state index contributed by atoms with van der Waals surface area (Å²) in [6.45, 7) is 1.86. The molecule has 1 fully saturated rings. The van der Waals surface area contributed by atoms with Crippen molar-refractivity contribution in [2.45, 2.75) is 51.1 Å². The van der Waals surface area contributed by atoms with E-state index in [0.717, 1.165) is 5.56 Å². The van der Waals surface area contributed by atoms with Crippen molar-refractivity contribution >= 4 is 34.9 Å². The summed E-state index contributed by atoms with van der Waals surface area (Å²) in [5.74, 6) is -1.33. The third-order valence-corrected chi connectivity index (χ3v) is 6.92. The summed E-state index contributed by atoms with van der Waals surface area (Å²) >= 11 is 0. The van der Waals surface area contributed by atoms with Gasteiger partial charge in [0.05, 0.1) is 17.0 Å². The number of allylic oxidation sites excluding steroid dienone is 2. The summed E-state index contributed by atoms with van der Waals surface area (Å²) in [6.07, 6.45) is 1.09. The van der Waals surface area contributed by atoms with E-state index in [-0.39, 0.29) is 60.7 Å². The Hall–Kier alpha value is -4.07. The number of aliphatic imine (C=N–C) groups is 1. The lowest BCUT2D eigenvalue weighted by Crippen LogP contribution is -2.52. The van der Waals surface area contributed by atoms with Gasteiger partial charge >= 0.3 is 0 Å². The molecule has 2 aromatic rings. The van der Waals surface area contributed by atoms with E-state index >= 15 is 0 Å². The maximum Gasteiger partial charge on any atom is 0.255 e. The molecule has 2 N–H and O–H groups in total. The standard InChI is InChI=1S/C27H25N3O5/c1-15(25-22(31)12-17(13-23(25)32)16-6-3-2-4-7-16)28-20-9-5-8-18-19(20)14-30(27(18)35)21-10-11-24(33)29-26(21)34/h2-9,17,21,31H,10-14H2,1H3,(H,29,33,34). The Labute approximate surface area is 202 Å². The lowest BCUT2D eigenvalue weighted by molar-refractivity contribution is -0.137. The number of nitrogens with zero attached hydrogens (tertiary/aromatic N) is 2. The van der Waals surface area contributed by atoms with Crippen molar-refractivity contribution in [3.63, 3.8) is 0 Å². The quantitative estimate of drug-likeness (QED) is 0.523. The molecular formula is C27H25N3O5. The van der Waals surface area contributed by atoms with Crippen molar-refractivity contribution in [2.75, 3.05) is 0 Å². The van der Waals surface area contributed by atoms with Gasteiger partial charge in [0.2, 0.25) is 11.8 Å². The Morgan fingerprint density at radius 2 is 1.80 bits per heavy atom. The van der Waals surface area contributed by atoms with E-state index in [1.807, 2.05) is 30.3 Å². The number of ketones is 1. The molecule has 0 saturated carbocycles. The van der Waals surface area contributed by atoms with Crippen molar-refractivity contribution in [1.82, 2.24) is 10.2 Å². The molecule has 8 nitrogen and oxygen atoms in total. The Bertz CT molecular complexity index is 1310. The van der Waals surface area contributed by atoms with Crippen molar-refractivity contribution in [3.05, 3.63) is 76.6 Å². The fourth-order valence-corrected chi connectivity index (χ4v) is 5.18. The minimum Gasteiger partial charge on any atom is -0.511 e. The molecule has 2 atom stereocenters. The van der Waals surface area contributed by atoms with Gasteiger partial charge in [0.15, 0.2) is 5.78 Å². The molecule has 0 bridgehead atoms. The number of hydrogen-bond acceptors (Lipinski definition) is 6. The van der Waals surface area contributed by atoms with Crippen molar-refractivity contribution in [2.24, 2.45) is 4.99 Å². The van der Waals surface area contributed by atoms with E-state index in [1.165, 1.54) is 4.90 Å². The second-order valence-electron chi connectivity index (χ2n) is 9.16. The number of imide groups is 1. The van der Waals surface area contributed by atoms with Gasteiger partial charge in [-0.2, -0.15) is 0 Å². The van der Waals surface area contributed by atoms with Crippen LogP contribution in [-0.2, 0) is 20.9 Å². The zero-order valence-electron chi connectivity index (χ0n) is 19.3. The van der Waals surface area contributed by atoms with Gasteiger partial charge in [-0.15, -0.1) is 0 Å². The molecule has 8 heteroatoms. The molecule has 1 saturated heterocycles. The molecule has 1 aliphatic carbocycles. The topological polar surface area (TPSA) is 116 Å². The minimum absolute atomic E-state index is 0.0187. The summed E-state index contributed by atoms with van der Waals surface area (Å²) in [5.41, 5.74) is 3.24. The number of fused-ring (bicyclic) bond motifs is 1. The number of amides is 3. The summed E-state index contributed by atoms with van der Waals surface area (Å²) in [5, 5.41) is 13.1. The zero-order valence-corrected chi connectivity index (χ0v) is 19.3. The maximum absolute atomic E-state index is 13.0. The Kier molecular flexibility index (Phi) is 5.80. The number of nitrogens with one attached hydrogen (secondary N) is 1. The molecule has 178 valence electrons. The largest absolute Gasteiger partial charge is 0.511 e. The third kappa shape index (κ3) is 4.16. The summed E-state index contributed by atoms with van der Waals surface area (Å²) < 4.78 is 0. The maximum atomic E-state index is 13.0. The minimum atomic E-state index is -0.716. The van der Waals surface area contributed by atoms with Crippen LogP contribution in [0.2, 0.25) is 0 Å². The number of aliphatic hydroxyl groups is 1. The van der Waals surface area contributed by atoms with Crippen molar-refractivity contribution < 1.29 is 24.3 Å². The molecule has 2 heterocycles. The van der Waals surface area contributed by atoms with Crippen LogP contribution in [0.5, 0.6) is 0 Å². The van der Waals surface area contributed by atoms with Crippen LogP contribution in [0.1, 0.15) is 60.0 Å². The number of Topliss-reactive ketones (excluding diaryl/α,β-unsaturated/α-hetero) is 1. The molecule has 5 rings (SSSR count). The first-order valence-electron chi connectivity index (χ1n) is 11.7. The van der Waals surface area contributed by atoms with E-state index in [4.69, 9.17) is 0 Å². The number of hydrogen-bond donors (Lipinski definition) is 2. The normalized spacial score (nSPS) is 23.0. The Balaban J connectivity index is 1.42. The van der Waals surface area contributed by atoms with E-state index in [9.17, 15) is 24.3 Å². The average Bonchev–Trinajstić information content (AvgIpc) is 3.16. The molecule has 2 unspecified atom stereocenters. The lowest BCUT2D eigenvalue weighted by atomic mass is 9.81. The van der Waals surface area contributed by atoms with Gasteiger partial charge in [-0.1, -0.05) is 36.4 Å². The zero-order chi connectivity index (χ0) is 24.7. The highest BCUT2D eigenvalue weighted by Crippen LogP contribution is 2.36. The third-order valence-electron chi connectivity index (χ3n) is 6.92. The Morgan fingerprint density at radius 3 is 2.51 bits per heavy atom. The number of aliphatic hydroxyl groups excluding tert-OH is 1. The predicted molar refractivity (Wildman–Crippen MR) is 128 cm³/mol. The first-order chi connectivity index (χ1) is 16.8. The van der Waals surface area contributed by atoms with Crippen LogP contribution in [0.25, 0.3) is 0 Å². The monoisotopic (exact) mass is 471 g/mol. The molecular weight excluding hydrogens is 446 g/mol. The van der Waals surface area contributed by atoms with Crippen LogP contribution in [0.15, 0.2) is 64.9 Å². The van der Waals surface area contributed by atoms with E-state index in [2.05, 4.69) is 10.3 Å². The van der Waals surface area contributed by atoms with Gasteiger partial charge in [0.25, 0.3) is 5.91 Å². The van der Waals surface area contributed by atoms with Gasteiger partial charge < -0.3 is 10.0 Å². The van der Waals surface area contributed by atoms with Gasteiger partial charge in [-0.3, -0.25) is 29.5 Å². The van der Waals surface area contributed by atoms with Gasteiger partial charge in [0.1, 0.15) is 11.8 Å². The van der Waals surface area contributed by atoms with Crippen molar-refractivity contribution in [3.8, 4) is 0 Å². The Morgan fingerprint density at radius 1 is 1.03 bits per heavy atom. The summed E-state index contributed by atoms with van der Waals surface area (Å²) in [7, 11) is 0. The molecule has 2 aliphatic heterocycles. The number of carbonyl (C=O) groups excluding carboxylic acids is 4. The van der Waals surface area contributed by atoms with Crippen LogP contribution >= 0.6 is 0 Å². The highest BCUT2D eigenvalue weighted by Gasteiger charge is 2.40. The number of piperidine rings is 1.